The van der Waals surface area contributed by atoms with E-state index in [1.165, 1.54) is 30.5 Å². The molecular weight excluding hydrogens is 396 g/mol. The zero-order chi connectivity index (χ0) is 21.3. The van der Waals surface area contributed by atoms with Gasteiger partial charge in [-0.3, -0.25) is 0 Å². The van der Waals surface area contributed by atoms with Crippen molar-refractivity contribution in [2.75, 3.05) is 36.0 Å². The number of rotatable bonds is 5. The molecule has 2 fully saturated rings. The highest BCUT2D eigenvalue weighted by Crippen LogP contribution is 2.37. The van der Waals surface area contributed by atoms with Crippen molar-refractivity contribution in [2.45, 2.75) is 31.7 Å². The molecule has 3 heterocycles. The van der Waals surface area contributed by atoms with Crippen LogP contribution in [0.25, 0.3) is 11.0 Å². The highest BCUT2D eigenvalue weighted by molar-refractivity contribution is 5.87. The summed E-state index contributed by atoms with van der Waals surface area (Å²) in [6, 6.07) is 21.2. The lowest BCUT2D eigenvalue weighted by Gasteiger charge is -2.37. The second-order valence-corrected chi connectivity index (χ2v) is 8.87. The maximum absolute atomic E-state index is 5.11. The molecule has 0 N–H and O–H groups in total. The number of aromatic nitrogens is 4. The minimum Gasteiger partial charge on any atom is -0.368 e. The van der Waals surface area contributed by atoms with Gasteiger partial charge in [-0.2, -0.15) is 5.10 Å². The Balaban J connectivity index is 1.32. The van der Waals surface area contributed by atoms with Crippen molar-refractivity contribution in [3.05, 3.63) is 78.2 Å². The monoisotopic (exact) mass is 424 g/mol. The normalized spacial score (nSPS) is 17.0. The van der Waals surface area contributed by atoms with Crippen molar-refractivity contribution >= 4 is 22.5 Å². The molecule has 0 unspecified atom stereocenters. The van der Waals surface area contributed by atoms with Crippen LogP contribution in [0.2, 0.25) is 0 Å². The molecule has 6 nitrogen and oxygen atoms in total. The number of fused-ring (bicyclic) bond motifs is 1. The van der Waals surface area contributed by atoms with Crippen molar-refractivity contribution in [3.8, 4) is 0 Å². The van der Waals surface area contributed by atoms with Gasteiger partial charge in [0.2, 0.25) is 0 Å². The summed E-state index contributed by atoms with van der Waals surface area (Å²) in [6.45, 7) is 4.62. The zero-order valence-electron chi connectivity index (χ0n) is 18.3. The lowest BCUT2D eigenvalue weighted by atomic mass is 9.85. The summed E-state index contributed by atoms with van der Waals surface area (Å²) in [5, 5.41) is 5.80. The van der Waals surface area contributed by atoms with E-state index in [4.69, 9.17) is 15.1 Å². The Morgan fingerprint density at radius 3 is 2.16 bits per heavy atom. The van der Waals surface area contributed by atoms with E-state index in [9.17, 15) is 0 Å². The third-order valence-corrected chi connectivity index (χ3v) is 6.84. The fraction of sp³-hybridized carbons (Fsp3) is 0.346. The van der Waals surface area contributed by atoms with Crippen LogP contribution in [0.1, 0.15) is 36.6 Å². The Morgan fingerprint density at radius 2 is 1.47 bits per heavy atom. The summed E-state index contributed by atoms with van der Waals surface area (Å²) in [4.78, 5) is 15.0. The predicted molar refractivity (Wildman–Crippen MR) is 128 cm³/mol. The molecule has 2 aromatic carbocycles. The molecule has 0 atom stereocenters. The quantitative estimate of drug-likeness (QED) is 0.473. The Kier molecular flexibility index (Phi) is 4.98. The van der Waals surface area contributed by atoms with E-state index in [-0.39, 0.29) is 0 Å². The van der Waals surface area contributed by atoms with Crippen molar-refractivity contribution in [1.29, 1.82) is 0 Å². The van der Waals surface area contributed by atoms with Gasteiger partial charge < -0.3 is 9.80 Å². The van der Waals surface area contributed by atoms with Crippen molar-refractivity contribution in [1.82, 2.24) is 19.7 Å². The predicted octanol–water partition coefficient (Wildman–Crippen LogP) is 4.47. The highest BCUT2D eigenvalue weighted by atomic mass is 15.3. The molecule has 0 bridgehead atoms. The Hall–Kier alpha value is -3.41. The average molecular weight is 425 g/mol. The molecule has 4 aromatic rings. The first-order valence-corrected chi connectivity index (χ1v) is 11.7. The summed E-state index contributed by atoms with van der Waals surface area (Å²) >= 11 is 0. The third-order valence-electron chi connectivity index (χ3n) is 6.84. The summed E-state index contributed by atoms with van der Waals surface area (Å²) in [5.74, 6) is 2.55. The highest BCUT2D eigenvalue weighted by Gasteiger charge is 2.27. The Morgan fingerprint density at radius 1 is 0.781 bits per heavy atom. The summed E-state index contributed by atoms with van der Waals surface area (Å²) < 4.78 is 2.04. The number of nitrogens with zero attached hydrogens (tertiary/aromatic N) is 6. The van der Waals surface area contributed by atoms with Gasteiger partial charge in [0, 0.05) is 37.8 Å². The van der Waals surface area contributed by atoms with Gasteiger partial charge in [-0.1, -0.05) is 55.0 Å². The van der Waals surface area contributed by atoms with E-state index >= 15 is 0 Å². The molecule has 1 aliphatic carbocycles. The second kappa shape index (κ2) is 8.26. The van der Waals surface area contributed by atoms with Gasteiger partial charge >= 0.3 is 0 Å². The Bertz CT molecular complexity index is 1190. The van der Waals surface area contributed by atoms with E-state index in [0.29, 0.717) is 5.92 Å². The van der Waals surface area contributed by atoms with Crippen LogP contribution in [0.3, 0.4) is 0 Å². The molecule has 1 saturated heterocycles. The van der Waals surface area contributed by atoms with Gasteiger partial charge in [-0.05, 0) is 30.5 Å². The topological polar surface area (TPSA) is 50.1 Å². The number of piperazine rings is 1. The maximum Gasteiger partial charge on any atom is 0.163 e. The van der Waals surface area contributed by atoms with Gasteiger partial charge in [0.15, 0.2) is 5.65 Å². The van der Waals surface area contributed by atoms with Crippen LogP contribution >= 0.6 is 0 Å². The number of hydrogen-bond acceptors (Lipinski definition) is 5. The van der Waals surface area contributed by atoms with Crippen LogP contribution in [-0.2, 0) is 6.54 Å². The molecule has 2 aliphatic rings. The molecular formula is C26H28N6. The Labute approximate surface area is 188 Å². The minimum absolute atomic E-state index is 0.490. The first-order chi connectivity index (χ1) is 15.8. The summed E-state index contributed by atoms with van der Waals surface area (Å²) in [7, 11) is 0. The third kappa shape index (κ3) is 3.60. The smallest absolute Gasteiger partial charge is 0.163 e. The van der Waals surface area contributed by atoms with Crippen LogP contribution in [0.4, 0.5) is 11.5 Å². The van der Waals surface area contributed by atoms with E-state index in [1.807, 2.05) is 10.9 Å². The van der Waals surface area contributed by atoms with Gasteiger partial charge in [0.05, 0.1) is 18.1 Å². The lowest BCUT2D eigenvalue weighted by Crippen LogP contribution is -2.47. The SMILES string of the molecule is c1ccc(Cn2ncc3c(N4CCN(c5ccccc5)CC4)nc(C4CCC4)nc32)cc1. The van der Waals surface area contributed by atoms with Crippen LogP contribution in [0.5, 0.6) is 0 Å². The van der Waals surface area contributed by atoms with Gasteiger partial charge in [0.1, 0.15) is 11.6 Å². The molecule has 32 heavy (non-hydrogen) atoms. The molecule has 6 rings (SSSR count). The lowest BCUT2D eigenvalue weighted by molar-refractivity contribution is 0.402. The van der Waals surface area contributed by atoms with Crippen molar-refractivity contribution in [2.24, 2.45) is 0 Å². The molecule has 1 aliphatic heterocycles. The molecule has 6 heteroatoms. The number of hydrogen-bond donors (Lipinski definition) is 0. The van der Waals surface area contributed by atoms with Gasteiger partial charge in [-0.15, -0.1) is 0 Å². The number of benzene rings is 2. The largest absolute Gasteiger partial charge is 0.368 e. The van der Waals surface area contributed by atoms with Crippen LogP contribution in [-0.4, -0.2) is 45.9 Å². The molecule has 2 aromatic heterocycles. The second-order valence-electron chi connectivity index (χ2n) is 8.87. The molecule has 0 amide bonds. The van der Waals surface area contributed by atoms with Crippen molar-refractivity contribution < 1.29 is 0 Å². The van der Waals surface area contributed by atoms with Gasteiger partial charge in [-0.25, -0.2) is 14.6 Å². The van der Waals surface area contributed by atoms with E-state index in [1.54, 1.807) is 0 Å². The zero-order valence-corrected chi connectivity index (χ0v) is 18.3. The van der Waals surface area contributed by atoms with E-state index < -0.39 is 0 Å². The standard InChI is InChI=1S/C26H28N6/c1-3-8-20(9-4-1)19-32-26-23(18-27-32)25(28-24(29-26)21-10-7-11-21)31-16-14-30(15-17-31)22-12-5-2-6-13-22/h1-6,8-9,12-13,18,21H,7,10-11,14-17,19H2. The molecule has 0 radical (unpaired) electrons. The fourth-order valence-electron chi connectivity index (χ4n) is 4.73. The summed E-state index contributed by atoms with van der Waals surface area (Å²) in [5.41, 5.74) is 3.50. The first-order valence-electron chi connectivity index (χ1n) is 11.7. The average Bonchev–Trinajstić information content (AvgIpc) is 3.21. The fourth-order valence-corrected chi connectivity index (χ4v) is 4.73. The first kappa shape index (κ1) is 19.3. The minimum atomic E-state index is 0.490. The number of para-hydroxylation sites is 1. The van der Waals surface area contributed by atoms with Crippen LogP contribution < -0.4 is 9.80 Å². The van der Waals surface area contributed by atoms with Crippen molar-refractivity contribution in [3.63, 3.8) is 0 Å². The number of anilines is 2. The van der Waals surface area contributed by atoms with Gasteiger partial charge in [0.25, 0.3) is 0 Å². The van der Waals surface area contributed by atoms with E-state index in [2.05, 4.69) is 70.5 Å². The van der Waals surface area contributed by atoms with E-state index in [0.717, 1.165) is 55.4 Å². The molecule has 1 saturated carbocycles. The van der Waals surface area contributed by atoms with Crippen LogP contribution in [0.15, 0.2) is 66.9 Å². The summed E-state index contributed by atoms with van der Waals surface area (Å²) in [6.07, 6.45) is 5.63. The molecule has 162 valence electrons. The van der Waals surface area contributed by atoms with Crippen LogP contribution in [0, 0.1) is 0 Å². The maximum atomic E-state index is 5.11. The molecule has 0 spiro atoms.